The van der Waals surface area contributed by atoms with E-state index in [1.807, 2.05) is 12.3 Å². The van der Waals surface area contributed by atoms with Gasteiger partial charge in [0, 0.05) is 17.8 Å². The number of H-pyrrole nitrogens is 1. The number of hydrogen-bond donors (Lipinski definition) is 1. The number of aromatic nitrogens is 4. The topological polar surface area (TPSA) is 54.5 Å². The Morgan fingerprint density at radius 1 is 1.05 bits per heavy atom. The number of aromatic amines is 1. The molecule has 0 aliphatic carbocycles. The van der Waals surface area contributed by atoms with Crippen molar-refractivity contribution in [3.8, 4) is 0 Å². The van der Waals surface area contributed by atoms with E-state index in [1.54, 1.807) is 18.5 Å². The van der Waals surface area contributed by atoms with Gasteiger partial charge in [-0.15, -0.1) is 0 Å². The highest BCUT2D eigenvalue weighted by Crippen LogP contribution is 2.25. The van der Waals surface area contributed by atoms with E-state index in [2.05, 4.69) is 45.5 Å². The van der Waals surface area contributed by atoms with E-state index in [0.29, 0.717) is 5.82 Å². The van der Waals surface area contributed by atoms with Gasteiger partial charge in [-0.05, 0) is 47.8 Å². The number of nitrogens with zero attached hydrogens (tertiary/aromatic N) is 3. The zero-order valence-electron chi connectivity index (χ0n) is 11.7. The maximum atomic E-state index is 4.21. The third-order valence-corrected chi connectivity index (χ3v) is 3.46. The molecule has 2 aromatic heterocycles. The molecule has 0 saturated heterocycles. The highest BCUT2D eigenvalue weighted by atomic mass is 15.1. The summed E-state index contributed by atoms with van der Waals surface area (Å²) < 4.78 is 0. The van der Waals surface area contributed by atoms with Gasteiger partial charge >= 0.3 is 0 Å². The van der Waals surface area contributed by atoms with E-state index in [1.165, 1.54) is 0 Å². The third kappa shape index (κ3) is 2.89. The van der Waals surface area contributed by atoms with Gasteiger partial charge < -0.3 is 0 Å². The Morgan fingerprint density at radius 2 is 1.81 bits per heavy atom. The first kappa shape index (κ1) is 13.2. The lowest BCUT2D eigenvalue weighted by atomic mass is 9.99. The highest BCUT2D eigenvalue weighted by molar-refractivity contribution is 5.82. The average molecular weight is 276 g/mol. The molecule has 1 aromatic carbocycles. The van der Waals surface area contributed by atoms with Crippen molar-refractivity contribution in [1.29, 1.82) is 0 Å². The molecule has 0 amide bonds. The lowest BCUT2D eigenvalue weighted by Crippen LogP contribution is -1.92. The summed E-state index contributed by atoms with van der Waals surface area (Å²) >= 11 is 0. The fourth-order valence-corrected chi connectivity index (χ4v) is 2.20. The Bertz CT molecular complexity index is 787. The Hall–Kier alpha value is -2.75. The molecule has 0 bridgehead atoms. The number of hydrogen-bond acceptors (Lipinski definition) is 3. The molecule has 4 heteroatoms. The Balaban J connectivity index is 1.67. The molecular weight excluding hydrogens is 260 g/mol. The molecular formula is C17H16N4. The first-order chi connectivity index (χ1) is 10.2. The summed E-state index contributed by atoms with van der Waals surface area (Å²) in [6, 6.07) is 7.99. The zero-order valence-corrected chi connectivity index (χ0v) is 11.7. The monoisotopic (exact) mass is 276 g/mol. The standard InChI is InChI=1S/C17H16N4/c1-12(4-5-13(2)17-18-8-3-9-19-17)14-6-7-16-15(10-14)11-20-21-16/h3,6-11H,1-2,4-5H2,(H,20,21). The molecule has 0 saturated carbocycles. The molecule has 1 N–H and O–H groups in total. The summed E-state index contributed by atoms with van der Waals surface area (Å²) in [7, 11) is 0. The summed E-state index contributed by atoms with van der Waals surface area (Å²) in [5.41, 5.74) is 4.18. The summed E-state index contributed by atoms with van der Waals surface area (Å²) in [4.78, 5) is 8.42. The van der Waals surface area contributed by atoms with Crippen molar-refractivity contribution < 1.29 is 0 Å². The van der Waals surface area contributed by atoms with Crippen molar-refractivity contribution in [1.82, 2.24) is 20.2 Å². The van der Waals surface area contributed by atoms with Crippen LogP contribution in [0.4, 0.5) is 0 Å². The van der Waals surface area contributed by atoms with Crippen molar-refractivity contribution in [2.45, 2.75) is 12.8 Å². The summed E-state index contributed by atoms with van der Waals surface area (Å²) in [5, 5.41) is 8.07. The second-order valence-corrected chi connectivity index (χ2v) is 4.95. The van der Waals surface area contributed by atoms with Crippen LogP contribution in [0.1, 0.15) is 24.2 Å². The molecule has 104 valence electrons. The molecule has 0 radical (unpaired) electrons. The molecule has 0 spiro atoms. The molecule has 3 rings (SSSR count). The predicted octanol–water partition coefficient (Wildman–Crippen LogP) is 3.86. The smallest absolute Gasteiger partial charge is 0.154 e. The maximum Gasteiger partial charge on any atom is 0.154 e. The van der Waals surface area contributed by atoms with Gasteiger partial charge in [-0.25, -0.2) is 9.97 Å². The van der Waals surface area contributed by atoms with Crippen LogP contribution >= 0.6 is 0 Å². The van der Waals surface area contributed by atoms with Crippen LogP contribution < -0.4 is 0 Å². The molecule has 0 aliphatic heterocycles. The Morgan fingerprint density at radius 3 is 2.62 bits per heavy atom. The first-order valence-electron chi connectivity index (χ1n) is 6.80. The Kier molecular flexibility index (Phi) is 3.60. The van der Waals surface area contributed by atoms with Crippen molar-refractivity contribution in [2.75, 3.05) is 0 Å². The maximum absolute atomic E-state index is 4.21. The fourth-order valence-electron chi connectivity index (χ4n) is 2.20. The van der Waals surface area contributed by atoms with E-state index in [9.17, 15) is 0 Å². The molecule has 2 heterocycles. The molecule has 0 aliphatic rings. The van der Waals surface area contributed by atoms with Gasteiger partial charge in [-0.2, -0.15) is 5.10 Å². The summed E-state index contributed by atoms with van der Waals surface area (Å²) in [6.45, 7) is 8.22. The van der Waals surface area contributed by atoms with Gasteiger partial charge in [0.15, 0.2) is 5.82 Å². The lowest BCUT2D eigenvalue weighted by Gasteiger charge is -2.07. The second kappa shape index (κ2) is 5.71. The number of benzene rings is 1. The quantitative estimate of drug-likeness (QED) is 0.769. The first-order valence-corrected chi connectivity index (χ1v) is 6.80. The second-order valence-electron chi connectivity index (χ2n) is 4.95. The third-order valence-electron chi connectivity index (χ3n) is 3.46. The molecule has 21 heavy (non-hydrogen) atoms. The predicted molar refractivity (Wildman–Crippen MR) is 85.4 cm³/mol. The van der Waals surface area contributed by atoms with Gasteiger partial charge in [0.05, 0.1) is 11.7 Å². The lowest BCUT2D eigenvalue weighted by molar-refractivity contribution is 1.03. The zero-order chi connectivity index (χ0) is 14.7. The van der Waals surface area contributed by atoms with E-state index in [4.69, 9.17) is 0 Å². The van der Waals surface area contributed by atoms with Crippen LogP contribution in [0.2, 0.25) is 0 Å². The van der Waals surface area contributed by atoms with Gasteiger partial charge in [-0.3, -0.25) is 5.10 Å². The van der Waals surface area contributed by atoms with Crippen LogP contribution in [0.25, 0.3) is 22.0 Å². The van der Waals surface area contributed by atoms with Crippen LogP contribution in [0.5, 0.6) is 0 Å². The molecule has 0 atom stereocenters. The number of nitrogens with one attached hydrogen (secondary N) is 1. The van der Waals surface area contributed by atoms with E-state index in [0.717, 1.165) is 40.5 Å². The Labute approximate surface area is 123 Å². The minimum Gasteiger partial charge on any atom is -0.278 e. The van der Waals surface area contributed by atoms with Crippen molar-refractivity contribution in [2.24, 2.45) is 0 Å². The van der Waals surface area contributed by atoms with Crippen molar-refractivity contribution in [3.63, 3.8) is 0 Å². The van der Waals surface area contributed by atoms with E-state index >= 15 is 0 Å². The fraction of sp³-hybridized carbons (Fsp3) is 0.118. The highest BCUT2D eigenvalue weighted by Gasteiger charge is 2.05. The van der Waals surface area contributed by atoms with E-state index in [-0.39, 0.29) is 0 Å². The summed E-state index contributed by atoms with van der Waals surface area (Å²) in [5.74, 6) is 0.704. The van der Waals surface area contributed by atoms with Crippen LogP contribution in [-0.2, 0) is 0 Å². The van der Waals surface area contributed by atoms with Gasteiger partial charge in [-0.1, -0.05) is 19.2 Å². The largest absolute Gasteiger partial charge is 0.278 e. The number of rotatable bonds is 5. The van der Waals surface area contributed by atoms with Crippen molar-refractivity contribution in [3.05, 3.63) is 67.4 Å². The number of fused-ring (bicyclic) bond motifs is 1. The van der Waals surface area contributed by atoms with Crippen molar-refractivity contribution >= 4 is 22.0 Å². The SMILES string of the molecule is C=C(CCC(=C)c1ncccn1)c1ccc2[nH]ncc2c1. The molecule has 0 unspecified atom stereocenters. The van der Waals surface area contributed by atoms with Crippen LogP contribution in [0.15, 0.2) is 56.0 Å². The molecule has 0 fully saturated rings. The minimum atomic E-state index is 0.704. The van der Waals surface area contributed by atoms with Gasteiger partial charge in [0.1, 0.15) is 0 Å². The number of allylic oxidation sites excluding steroid dienone is 2. The normalized spacial score (nSPS) is 10.7. The molecule has 4 nitrogen and oxygen atoms in total. The molecule has 3 aromatic rings. The van der Waals surface area contributed by atoms with Crippen LogP contribution in [0, 0.1) is 0 Å². The van der Waals surface area contributed by atoms with E-state index < -0.39 is 0 Å². The summed E-state index contributed by atoms with van der Waals surface area (Å²) in [6.07, 6.45) is 6.92. The average Bonchev–Trinajstić information content (AvgIpc) is 3.00. The van der Waals surface area contributed by atoms with Gasteiger partial charge in [0.2, 0.25) is 0 Å². The van der Waals surface area contributed by atoms with Gasteiger partial charge in [0.25, 0.3) is 0 Å². The van der Waals surface area contributed by atoms with Crippen LogP contribution in [-0.4, -0.2) is 20.2 Å². The van der Waals surface area contributed by atoms with Crippen LogP contribution in [0.3, 0.4) is 0 Å². The minimum absolute atomic E-state index is 0.704.